The topological polar surface area (TPSA) is 29.5 Å². The number of rotatable bonds is 3. The molecule has 4 rings (SSSR count). The van der Waals surface area contributed by atoms with Crippen LogP contribution in [0.15, 0.2) is 35.7 Å². The minimum Gasteiger partial charge on any atom is -0.497 e. The lowest BCUT2D eigenvalue weighted by atomic mass is 9.82. The molecule has 2 aromatic rings. The standard InChI is InChI=1S/C19H21NO2S/c1-22-15-7-5-13(6-8-15)18-16-10-12-23-17(16)9-11-20(18)19(21)14-3-2-4-14/h5-8,10,12,14,18H,2-4,9,11H2,1H3/t18-/m0/s1. The summed E-state index contributed by atoms with van der Waals surface area (Å²) in [5.74, 6) is 1.44. The Morgan fingerprint density at radius 2 is 2.00 bits per heavy atom. The number of amides is 1. The molecule has 4 heteroatoms. The molecule has 2 heterocycles. The van der Waals surface area contributed by atoms with Gasteiger partial charge in [0.05, 0.1) is 13.2 Å². The zero-order valence-corrected chi connectivity index (χ0v) is 14.1. The Labute approximate surface area is 140 Å². The van der Waals surface area contributed by atoms with Gasteiger partial charge >= 0.3 is 0 Å². The predicted octanol–water partition coefficient (Wildman–Crippen LogP) is 4.03. The minimum absolute atomic E-state index is 0.0593. The first-order chi connectivity index (χ1) is 11.3. The van der Waals surface area contributed by atoms with Gasteiger partial charge in [0.25, 0.3) is 0 Å². The number of ether oxygens (including phenoxy) is 1. The van der Waals surface area contributed by atoms with Crippen LogP contribution in [0.2, 0.25) is 0 Å². The van der Waals surface area contributed by atoms with Gasteiger partial charge in [-0.15, -0.1) is 11.3 Å². The van der Waals surface area contributed by atoms with E-state index >= 15 is 0 Å². The van der Waals surface area contributed by atoms with Gasteiger partial charge in [-0.05, 0) is 54.0 Å². The summed E-state index contributed by atoms with van der Waals surface area (Å²) in [6, 6.07) is 10.4. The summed E-state index contributed by atoms with van der Waals surface area (Å²) < 4.78 is 5.27. The van der Waals surface area contributed by atoms with Crippen LogP contribution in [-0.4, -0.2) is 24.5 Å². The van der Waals surface area contributed by atoms with Gasteiger partial charge < -0.3 is 9.64 Å². The number of thiophene rings is 1. The second-order valence-electron chi connectivity index (χ2n) is 6.38. The normalized spacial score (nSPS) is 20.7. The summed E-state index contributed by atoms with van der Waals surface area (Å²) in [6.07, 6.45) is 4.29. The van der Waals surface area contributed by atoms with Crippen LogP contribution in [0.25, 0.3) is 0 Å². The van der Waals surface area contributed by atoms with Crippen molar-refractivity contribution in [1.29, 1.82) is 0 Å². The van der Waals surface area contributed by atoms with Crippen molar-refractivity contribution in [3.8, 4) is 5.75 Å². The van der Waals surface area contributed by atoms with Crippen molar-refractivity contribution < 1.29 is 9.53 Å². The van der Waals surface area contributed by atoms with E-state index in [4.69, 9.17) is 4.74 Å². The Morgan fingerprint density at radius 1 is 1.22 bits per heavy atom. The molecule has 120 valence electrons. The SMILES string of the molecule is COc1ccc([C@H]2c3ccsc3CCN2C(=O)C2CCC2)cc1. The Bertz CT molecular complexity index is 702. The number of benzene rings is 1. The third-order valence-corrected chi connectivity index (χ3v) is 6.13. The maximum absolute atomic E-state index is 12.9. The number of carbonyl (C=O) groups is 1. The van der Waals surface area contributed by atoms with Crippen LogP contribution in [0.3, 0.4) is 0 Å². The lowest BCUT2D eigenvalue weighted by molar-refractivity contribution is -0.140. The second kappa shape index (κ2) is 6.00. The van der Waals surface area contributed by atoms with E-state index in [0.29, 0.717) is 5.91 Å². The Morgan fingerprint density at radius 3 is 2.65 bits per heavy atom. The van der Waals surface area contributed by atoms with E-state index in [1.807, 2.05) is 23.5 Å². The molecule has 0 spiro atoms. The molecule has 1 saturated carbocycles. The van der Waals surface area contributed by atoms with Gasteiger partial charge in [0, 0.05) is 17.3 Å². The fourth-order valence-corrected chi connectivity index (χ4v) is 4.49. The summed E-state index contributed by atoms with van der Waals surface area (Å²) >= 11 is 1.81. The molecular weight excluding hydrogens is 306 g/mol. The lowest BCUT2D eigenvalue weighted by Gasteiger charge is -2.40. The van der Waals surface area contributed by atoms with Gasteiger partial charge in [-0.25, -0.2) is 0 Å². The average molecular weight is 327 g/mol. The molecule has 1 fully saturated rings. The Kier molecular flexibility index (Phi) is 3.85. The summed E-state index contributed by atoms with van der Waals surface area (Å²) in [5, 5.41) is 2.15. The van der Waals surface area contributed by atoms with Crippen LogP contribution in [0.5, 0.6) is 5.75 Å². The highest BCUT2D eigenvalue weighted by molar-refractivity contribution is 7.10. The van der Waals surface area contributed by atoms with Gasteiger partial charge in [-0.1, -0.05) is 18.6 Å². The van der Waals surface area contributed by atoms with Crippen LogP contribution < -0.4 is 4.74 Å². The van der Waals surface area contributed by atoms with Crippen LogP contribution in [0.4, 0.5) is 0 Å². The van der Waals surface area contributed by atoms with E-state index in [0.717, 1.165) is 31.6 Å². The Balaban J connectivity index is 1.71. The van der Waals surface area contributed by atoms with Gasteiger partial charge in [-0.2, -0.15) is 0 Å². The van der Waals surface area contributed by atoms with Crippen LogP contribution in [-0.2, 0) is 11.2 Å². The molecule has 2 aliphatic rings. The van der Waals surface area contributed by atoms with Crippen LogP contribution >= 0.6 is 11.3 Å². The van der Waals surface area contributed by atoms with E-state index in [1.54, 1.807) is 7.11 Å². The van der Waals surface area contributed by atoms with Crippen LogP contribution in [0.1, 0.15) is 41.3 Å². The monoisotopic (exact) mass is 327 g/mol. The molecule has 0 radical (unpaired) electrons. The van der Waals surface area contributed by atoms with Crippen LogP contribution in [0, 0.1) is 5.92 Å². The fourth-order valence-electron chi connectivity index (χ4n) is 3.59. The maximum Gasteiger partial charge on any atom is 0.226 e. The van der Waals surface area contributed by atoms with Gasteiger partial charge in [-0.3, -0.25) is 4.79 Å². The third-order valence-electron chi connectivity index (χ3n) is 5.13. The van der Waals surface area contributed by atoms with Gasteiger partial charge in [0.15, 0.2) is 0 Å². The van der Waals surface area contributed by atoms with Gasteiger partial charge in [0.2, 0.25) is 5.91 Å². The lowest BCUT2D eigenvalue weighted by Crippen LogP contribution is -2.44. The highest BCUT2D eigenvalue weighted by atomic mass is 32.1. The highest BCUT2D eigenvalue weighted by Crippen LogP contribution is 2.40. The maximum atomic E-state index is 12.9. The van der Waals surface area contributed by atoms with Crippen molar-refractivity contribution in [3.05, 3.63) is 51.7 Å². The third kappa shape index (κ3) is 2.55. The van der Waals surface area contributed by atoms with E-state index in [9.17, 15) is 4.79 Å². The Hall–Kier alpha value is -1.81. The first-order valence-electron chi connectivity index (χ1n) is 8.28. The molecule has 1 aliphatic carbocycles. The molecule has 0 saturated heterocycles. The molecule has 1 aromatic heterocycles. The summed E-state index contributed by atoms with van der Waals surface area (Å²) in [4.78, 5) is 16.5. The first kappa shape index (κ1) is 14.8. The molecule has 3 nitrogen and oxygen atoms in total. The summed E-state index contributed by atoms with van der Waals surface area (Å²) in [5.41, 5.74) is 2.48. The minimum atomic E-state index is 0.0593. The molecule has 23 heavy (non-hydrogen) atoms. The molecule has 0 bridgehead atoms. The molecule has 0 N–H and O–H groups in total. The molecule has 1 atom stereocenters. The van der Waals surface area contributed by atoms with Crippen molar-refractivity contribution in [2.45, 2.75) is 31.7 Å². The zero-order valence-electron chi connectivity index (χ0n) is 13.3. The van der Waals surface area contributed by atoms with Crippen molar-refractivity contribution in [2.24, 2.45) is 5.92 Å². The number of methoxy groups -OCH3 is 1. The number of nitrogens with zero attached hydrogens (tertiary/aromatic N) is 1. The van der Waals surface area contributed by atoms with E-state index in [2.05, 4.69) is 28.5 Å². The fraction of sp³-hybridized carbons (Fsp3) is 0.421. The van der Waals surface area contributed by atoms with Gasteiger partial charge in [0.1, 0.15) is 5.75 Å². The summed E-state index contributed by atoms with van der Waals surface area (Å²) in [7, 11) is 1.68. The highest BCUT2D eigenvalue weighted by Gasteiger charge is 2.37. The number of carbonyl (C=O) groups excluding carboxylic acids is 1. The van der Waals surface area contributed by atoms with Crippen molar-refractivity contribution in [2.75, 3.05) is 13.7 Å². The molecule has 0 unspecified atom stereocenters. The molecule has 1 aromatic carbocycles. The molecular formula is C19H21NO2S. The largest absolute Gasteiger partial charge is 0.497 e. The van der Waals surface area contributed by atoms with Crippen molar-refractivity contribution >= 4 is 17.2 Å². The quantitative estimate of drug-likeness (QED) is 0.852. The van der Waals surface area contributed by atoms with Crippen molar-refractivity contribution in [1.82, 2.24) is 4.90 Å². The zero-order chi connectivity index (χ0) is 15.8. The predicted molar refractivity (Wildman–Crippen MR) is 91.9 cm³/mol. The average Bonchev–Trinajstić information content (AvgIpc) is 3.01. The number of fused-ring (bicyclic) bond motifs is 1. The molecule has 1 aliphatic heterocycles. The van der Waals surface area contributed by atoms with E-state index in [-0.39, 0.29) is 12.0 Å². The second-order valence-corrected chi connectivity index (χ2v) is 7.38. The summed E-state index contributed by atoms with van der Waals surface area (Å²) in [6.45, 7) is 0.833. The smallest absolute Gasteiger partial charge is 0.226 e. The van der Waals surface area contributed by atoms with Crippen molar-refractivity contribution in [3.63, 3.8) is 0 Å². The van der Waals surface area contributed by atoms with E-state index in [1.165, 1.54) is 22.4 Å². The number of hydrogen-bond acceptors (Lipinski definition) is 3. The first-order valence-corrected chi connectivity index (χ1v) is 9.16. The number of hydrogen-bond donors (Lipinski definition) is 0. The van der Waals surface area contributed by atoms with E-state index < -0.39 is 0 Å². The molecule has 1 amide bonds.